The van der Waals surface area contributed by atoms with Crippen LogP contribution < -0.4 is 5.32 Å². The smallest absolute Gasteiger partial charge is 0.0835 e. The van der Waals surface area contributed by atoms with Gasteiger partial charge in [-0.2, -0.15) is 0 Å². The van der Waals surface area contributed by atoms with Gasteiger partial charge in [-0.05, 0) is 41.4 Å². The molecule has 0 fully saturated rings. The number of benzene rings is 1. The molecule has 1 nitrogen and oxygen atoms in total. The van der Waals surface area contributed by atoms with Gasteiger partial charge in [0, 0.05) is 10.5 Å². The van der Waals surface area contributed by atoms with E-state index < -0.39 is 0 Å². The second kappa shape index (κ2) is 7.50. The first-order valence-corrected chi connectivity index (χ1v) is 7.51. The van der Waals surface area contributed by atoms with Crippen LogP contribution in [0.1, 0.15) is 39.5 Å². The van der Waals surface area contributed by atoms with Crippen LogP contribution in [0.3, 0.4) is 0 Å². The first-order valence-electron chi connectivity index (χ1n) is 5.96. The van der Waals surface area contributed by atoms with Crippen LogP contribution in [0.25, 0.3) is 0 Å². The Morgan fingerprint density at radius 2 is 1.94 bits per heavy atom. The SMILES string of the molecule is CCCCCC(C)Nc1ccc(Br)c(Cl)c1Cl. The zero-order valence-electron chi connectivity index (χ0n) is 10.2. The molecule has 0 saturated carbocycles. The molecule has 0 spiro atoms. The summed E-state index contributed by atoms with van der Waals surface area (Å²) in [4.78, 5) is 0. The first-order chi connectivity index (χ1) is 8.06. The van der Waals surface area contributed by atoms with Gasteiger partial charge in [0.05, 0.1) is 15.7 Å². The number of hydrogen-bond acceptors (Lipinski definition) is 1. The molecule has 0 radical (unpaired) electrons. The molecule has 96 valence electrons. The summed E-state index contributed by atoms with van der Waals surface area (Å²) in [6.45, 7) is 4.38. The molecule has 0 aliphatic carbocycles. The van der Waals surface area contributed by atoms with Crippen molar-refractivity contribution in [3.63, 3.8) is 0 Å². The van der Waals surface area contributed by atoms with Gasteiger partial charge in [0.15, 0.2) is 0 Å². The largest absolute Gasteiger partial charge is 0.381 e. The van der Waals surface area contributed by atoms with Crippen molar-refractivity contribution in [3.8, 4) is 0 Å². The highest BCUT2D eigenvalue weighted by molar-refractivity contribution is 9.10. The van der Waals surface area contributed by atoms with E-state index in [1.807, 2.05) is 12.1 Å². The quantitative estimate of drug-likeness (QED) is 0.485. The molecular formula is C13H18BrCl2N. The van der Waals surface area contributed by atoms with E-state index in [1.165, 1.54) is 19.3 Å². The topological polar surface area (TPSA) is 12.0 Å². The molecular weight excluding hydrogens is 321 g/mol. The lowest BCUT2D eigenvalue weighted by Crippen LogP contribution is -2.15. The number of hydrogen-bond donors (Lipinski definition) is 1. The van der Waals surface area contributed by atoms with Gasteiger partial charge in [-0.25, -0.2) is 0 Å². The minimum absolute atomic E-state index is 0.413. The minimum atomic E-state index is 0.413. The molecule has 4 heteroatoms. The lowest BCUT2D eigenvalue weighted by atomic mass is 10.1. The molecule has 1 N–H and O–H groups in total. The van der Waals surface area contributed by atoms with Crippen molar-refractivity contribution in [1.82, 2.24) is 0 Å². The molecule has 0 aliphatic rings. The van der Waals surface area contributed by atoms with E-state index in [1.54, 1.807) is 0 Å². The number of nitrogens with one attached hydrogen (secondary N) is 1. The maximum Gasteiger partial charge on any atom is 0.0835 e. The summed E-state index contributed by atoms with van der Waals surface area (Å²) in [5, 5.41) is 4.55. The fraction of sp³-hybridized carbons (Fsp3) is 0.538. The number of unbranched alkanes of at least 4 members (excludes halogenated alkanes) is 2. The van der Waals surface area contributed by atoms with Gasteiger partial charge in [-0.15, -0.1) is 0 Å². The fourth-order valence-electron chi connectivity index (χ4n) is 1.68. The molecule has 1 unspecified atom stereocenters. The zero-order chi connectivity index (χ0) is 12.8. The van der Waals surface area contributed by atoms with Crippen LogP contribution >= 0.6 is 39.1 Å². The zero-order valence-corrected chi connectivity index (χ0v) is 13.3. The van der Waals surface area contributed by atoms with Crippen LogP contribution in [-0.2, 0) is 0 Å². The molecule has 0 aromatic heterocycles. The number of halogens is 3. The van der Waals surface area contributed by atoms with E-state index in [-0.39, 0.29) is 0 Å². The molecule has 0 heterocycles. The third-order valence-corrected chi connectivity index (χ3v) is 4.45. The van der Waals surface area contributed by atoms with Crippen molar-refractivity contribution in [2.24, 2.45) is 0 Å². The highest BCUT2D eigenvalue weighted by Crippen LogP contribution is 2.36. The maximum absolute atomic E-state index is 6.18. The van der Waals surface area contributed by atoms with Gasteiger partial charge in [0.2, 0.25) is 0 Å². The van der Waals surface area contributed by atoms with Gasteiger partial charge in [-0.1, -0.05) is 49.4 Å². The van der Waals surface area contributed by atoms with Gasteiger partial charge in [-0.3, -0.25) is 0 Å². The van der Waals surface area contributed by atoms with Crippen molar-refractivity contribution in [1.29, 1.82) is 0 Å². The van der Waals surface area contributed by atoms with Crippen LogP contribution in [-0.4, -0.2) is 6.04 Å². The van der Waals surface area contributed by atoms with E-state index in [4.69, 9.17) is 23.2 Å². The lowest BCUT2D eigenvalue weighted by molar-refractivity contribution is 0.615. The Morgan fingerprint density at radius 1 is 1.24 bits per heavy atom. The predicted molar refractivity (Wildman–Crippen MR) is 81.4 cm³/mol. The van der Waals surface area contributed by atoms with Crippen molar-refractivity contribution in [2.45, 2.75) is 45.6 Å². The Labute approximate surface area is 122 Å². The molecule has 0 bridgehead atoms. The normalized spacial score (nSPS) is 12.5. The Morgan fingerprint density at radius 3 is 2.59 bits per heavy atom. The summed E-state index contributed by atoms with van der Waals surface area (Å²) < 4.78 is 0.827. The Hall–Kier alpha value is 0.0800. The average molecular weight is 339 g/mol. The van der Waals surface area contributed by atoms with E-state index in [9.17, 15) is 0 Å². The minimum Gasteiger partial charge on any atom is -0.381 e. The molecule has 1 aromatic carbocycles. The average Bonchev–Trinajstić information content (AvgIpc) is 2.30. The fourth-order valence-corrected chi connectivity index (χ4v) is 2.50. The predicted octanol–water partition coefficient (Wildman–Crippen LogP) is 6.14. The van der Waals surface area contributed by atoms with Gasteiger partial charge in [0.25, 0.3) is 0 Å². The van der Waals surface area contributed by atoms with E-state index in [0.29, 0.717) is 16.1 Å². The third kappa shape index (κ3) is 4.69. The van der Waals surface area contributed by atoms with Crippen LogP contribution in [0.15, 0.2) is 16.6 Å². The highest BCUT2D eigenvalue weighted by Gasteiger charge is 2.10. The summed E-state index contributed by atoms with van der Waals surface area (Å²) in [5.41, 5.74) is 0.906. The second-order valence-corrected chi connectivity index (χ2v) is 5.87. The second-order valence-electron chi connectivity index (χ2n) is 4.26. The number of rotatable bonds is 6. The first kappa shape index (κ1) is 15.1. The van der Waals surface area contributed by atoms with Crippen molar-refractivity contribution in [3.05, 3.63) is 26.7 Å². The lowest BCUT2D eigenvalue weighted by Gasteiger charge is -2.17. The Bertz CT molecular complexity index is 369. The van der Waals surface area contributed by atoms with E-state index in [2.05, 4.69) is 35.1 Å². The van der Waals surface area contributed by atoms with E-state index >= 15 is 0 Å². The van der Waals surface area contributed by atoms with Crippen molar-refractivity contribution >= 4 is 44.8 Å². The van der Waals surface area contributed by atoms with Crippen molar-refractivity contribution < 1.29 is 0 Å². The molecule has 0 saturated heterocycles. The van der Waals surface area contributed by atoms with Crippen LogP contribution in [0, 0.1) is 0 Å². The Kier molecular flexibility index (Phi) is 6.68. The highest BCUT2D eigenvalue weighted by atomic mass is 79.9. The molecule has 17 heavy (non-hydrogen) atoms. The maximum atomic E-state index is 6.18. The van der Waals surface area contributed by atoms with Crippen LogP contribution in [0.5, 0.6) is 0 Å². The van der Waals surface area contributed by atoms with Crippen LogP contribution in [0.4, 0.5) is 5.69 Å². The number of anilines is 1. The monoisotopic (exact) mass is 337 g/mol. The molecule has 1 rings (SSSR count). The van der Waals surface area contributed by atoms with E-state index in [0.717, 1.165) is 16.6 Å². The van der Waals surface area contributed by atoms with Crippen molar-refractivity contribution in [2.75, 3.05) is 5.32 Å². The summed E-state index contributed by atoms with van der Waals surface area (Å²) in [5.74, 6) is 0. The summed E-state index contributed by atoms with van der Waals surface area (Å²) in [6.07, 6.45) is 4.92. The molecule has 0 amide bonds. The summed E-state index contributed by atoms with van der Waals surface area (Å²) >= 11 is 15.6. The van der Waals surface area contributed by atoms with Gasteiger partial charge in [0.1, 0.15) is 0 Å². The van der Waals surface area contributed by atoms with Gasteiger partial charge >= 0.3 is 0 Å². The molecule has 0 aliphatic heterocycles. The third-order valence-electron chi connectivity index (χ3n) is 2.68. The molecule has 1 atom stereocenters. The standard InChI is InChI=1S/C13H18BrCl2N/c1-3-4-5-6-9(2)17-11-8-7-10(14)12(15)13(11)16/h7-9,17H,3-6H2,1-2H3. The summed E-state index contributed by atoms with van der Waals surface area (Å²) in [7, 11) is 0. The summed E-state index contributed by atoms with van der Waals surface area (Å²) in [6, 6.07) is 4.28. The van der Waals surface area contributed by atoms with Crippen LogP contribution in [0.2, 0.25) is 10.0 Å². The van der Waals surface area contributed by atoms with Gasteiger partial charge < -0.3 is 5.32 Å². The Balaban J connectivity index is 2.59. The molecule has 1 aromatic rings.